The van der Waals surface area contributed by atoms with Gasteiger partial charge in [-0.15, -0.1) is 0 Å². The molecule has 0 saturated heterocycles. The lowest BCUT2D eigenvalue weighted by atomic mass is 10.2. The Morgan fingerprint density at radius 1 is 1.43 bits per heavy atom. The van der Waals surface area contributed by atoms with Crippen LogP contribution < -0.4 is 10.6 Å². The molecule has 2 rings (SSSR count). The Morgan fingerprint density at radius 3 is 2.81 bits per heavy atom. The predicted octanol–water partition coefficient (Wildman–Crippen LogP) is 1.82. The van der Waals surface area contributed by atoms with Crippen LogP contribution in [0.2, 0.25) is 0 Å². The summed E-state index contributed by atoms with van der Waals surface area (Å²) in [4.78, 5) is 29.6. The maximum Gasteiger partial charge on any atom is 0.300 e. The summed E-state index contributed by atoms with van der Waals surface area (Å²) in [5.41, 5.74) is -0.816. The molecule has 2 aromatic heterocycles. The van der Waals surface area contributed by atoms with Crippen LogP contribution in [0.15, 0.2) is 30.7 Å². The van der Waals surface area contributed by atoms with E-state index in [1.807, 2.05) is 0 Å². The summed E-state index contributed by atoms with van der Waals surface area (Å²) >= 11 is 0. The highest BCUT2D eigenvalue weighted by molar-refractivity contribution is 6.07. The van der Waals surface area contributed by atoms with E-state index < -0.39 is 22.3 Å². The normalized spacial score (nSPS) is 10.0. The van der Waals surface area contributed by atoms with Gasteiger partial charge in [-0.25, -0.2) is 9.37 Å². The smallest absolute Gasteiger partial charge is 0.300 e. The van der Waals surface area contributed by atoms with E-state index in [0.717, 1.165) is 12.4 Å². The Hall–Kier alpha value is -3.10. The molecule has 2 heterocycles. The third kappa shape index (κ3) is 3.08. The summed E-state index contributed by atoms with van der Waals surface area (Å²) in [6.07, 6.45) is 3.18. The molecule has 2 N–H and O–H groups in total. The molecule has 0 aliphatic rings. The lowest BCUT2D eigenvalue weighted by Crippen LogP contribution is -2.15. The van der Waals surface area contributed by atoms with Crippen LogP contribution in [0.3, 0.4) is 0 Å². The van der Waals surface area contributed by atoms with Crippen molar-refractivity contribution in [1.82, 2.24) is 9.97 Å². The number of nitro groups is 1. The first-order valence-corrected chi connectivity index (χ1v) is 5.76. The van der Waals surface area contributed by atoms with Gasteiger partial charge in [0.1, 0.15) is 17.6 Å². The molecule has 0 aliphatic carbocycles. The minimum Gasteiger partial charge on any atom is -0.373 e. The molecule has 0 radical (unpaired) electrons. The molecule has 8 nitrogen and oxygen atoms in total. The van der Waals surface area contributed by atoms with Crippen molar-refractivity contribution in [3.8, 4) is 0 Å². The summed E-state index contributed by atoms with van der Waals surface area (Å²) in [6, 6.07) is 2.46. The van der Waals surface area contributed by atoms with E-state index in [0.29, 0.717) is 0 Å². The van der Waals surface area contributed by atoms with E-state index in [4.69, 9.17) is 0 Å². The molecule has 0 saturated carbocycles. The number of nitrogens with one attached hydrogen (secondary N) is 2. The standard InChI is InChI=1S/C12H10FN5O3/c1-14-11-4-7(10(6-16-11)18(20)21)12(19)17-9-2-3-15-5-8(9)13/h2-6H,1H3,(H,14,16)(H,15,17,19). The van der Waals surface area contributed by atoms with Gasteiger partial charge in [-0.1, -0.05) is 0 Å². The van der Waals surface area contributed by atoms with Crippen molar-refractivity contribution in [2.24, 2.45) is 0 Å². The summed E-state index contributed by atoms with van der Waals surface area (Å²) in [5, 5.41) is 15.9. The van der Waals surface area contributed by atoms with Gasteiger partial charge < -0.3 is 10.6 Å². The number of nitrogens with zero attached hydrogens (tertiary/aromatic N) is 3. The molecule has 0 spiro atoms. The molecule has 0 unspecified atom stereocenters. The van der Waals surface area contributed by atoms with Gasteiger partial charge in [-0.2, -0.15) is 0 Å². The number of amides is 1. The van der Waals surface area contributed by atoms with Crippen molar-refractivity contribution in [2.45, 2.75) is 0 Å². The molecule has 1 amide bonds. The van der Waals surface area contributed by atoms with Gasteiger partial charge in [0, 0.05) is 19.3 Å². The second kappa shape index (κ2) is 5.90. The van der Waals surface area contributed by atoms with Crippen LogP contribution >= 0.6 is 0 Å². The number of carbonyl (C=O) groups excluding carboxylic acids is 1. The molecule has 108 valence electrons. The summed E-state index contributed by atoms with van der Waals surface area (Å²) in [7, 11) is 1.55. The van der Waals surface area contributed by atoms with Crippen molar-refractivity contribution in [1.29, 1.82) is 0 Å². The van der Waals surface area contributed by atoms with Gasteiger partial charge in [0.2, 0.25) is 0 Å². The molecule has 2 aromatic rings. The molecule has 0 bridgehead atoms. The Balaban J connectivity index is 2.38. The quantitative estimate of drug-likeness (QED) is 0.656. The predicted molar refractivity (Wildman–Crippen MR) is 72.6 cm³/mol. The summed E-state index contributed by atoms with van der Waals surface area (Å²) in [6.45, 7) is 0. The fraction of sp³-hybridized carbons (Fsp3) is 0.0833. The van der Waals surface area contributed by atoms with Crippen molar-refractivity contribution < 1.29 is 14.1 Å². The van der Waals surface area contributed by atoms with Crippen LogP contribution in [0.4, 0.5) is 21.6 Å². The van der Waals surface area contributed by atoms with Crippen LogP contribution in [0, 0.1) is 15.9 Å². The zero-order valence-corrected chi connectivity index (χ0v) is 10.8. The van der Waals surface area contributed by atoms with E-state index in [2.05, 4.69) is 20.6 Å². The number of carbonyl (C=O) groups is 1. The minimum atomic E-state index is -0.814. The number of anilines is 2. The first-order valence-electron chi connectivity index (χ1n) is 5.76. The number of rotatable bonds is 4. The summed E-state index contributed by atoms with van der Waals surface area (Å²) < 4.78 is 13.4. The molecule has 9 heteroatoms. The molecule has 0 fully saturated rings. The van der Waals surface area contributed by atoms with Crippen LogP contribution in [-0.2, 0) is 0 Å². The second-order valence-electron chi connectivity index (χ2n) is 3.90. The molecular formula is C12H10FN5O3. The highest BCUT2D eigenvalue weighted by Crippen LogP contribution is 2.22. The van der Waals surface area contributed by atoms with Gasteiger partial charge in [-0.3, -0.25) is 19.9 Å². The zero-order valence-electron chi connectivity index (χ0n) is 10.8. The zero-order chi connectivity index (χ0) is 15.4. The Bertz CT molecular complexity index is 707. The monoisotopic (exact) mass is 291 g/mol. The van der Waals surface area contributed by atoms with Crippen LogP contribution in [0.1, 0.15) is 10.4 Å². The van der Waals surface area contributed by atoms with E-state index in [1.165, 1.54) is 18.3 Å². The number of pyridine rings is 2. The molecule has 0 atom stereocenters. The number of hydrogen-bond acceptors (Lipinski definition) is 6. The van der Waals surface area contributed by atoms with E-state index in [9.17, 15) is 19.3 Å². The van der Waals surface area contributed by atoms with Gasteiger partial charge in [0.25, 0.3) is 11.6 Å². The topological polar surface area (TPSA) is 110 Å². The highest BCUT2D eigenvalue weighted by Gasteiger charge is 2.22. The third-order valence-corrected chi connectivity index (χ3v) is 2.60. The molecule has 0 aromatic carbocycles. The van der Waals surface area contributed by atoms with Crippen molar-refractivity contribution in [2.75, 3.05) is 17.7 Å². The largest absolute Gasteiger partial charge is 0.373 e. The highest BCUT2D eigenvalue weighted by atomic mass is 19.1. The molecule has 0 aliphatic heterocycles. The average Bonchev–Trinajstić information content (AvgIpc) is 2.48. The third-order valence-electron chi connectivity index (χ3n) is 2.60. The van der Waals surface area contributed by atoms with E-state index in [1.54, 1.807) is 7.05 Å². The maximum absolute atomic E-state index is 13.4. The second-order valence-corrected chi connectivity index (χ2v) is 3.90. The Morgan fingerprint density at radius 2 is 2.19 bits per heavy atom. The van der Waals surface area contributed by atoms with Crippen molar-refractivity contribution in [3.63, 3.8) is 0 Å². The van der Waals surface area contributed by atoms with Gasteiger partial charge >= 0.3 is 0 Å². The Labute approximate surface area is 118 Å². The van der Waals surface area contributed by atoms with Crippen molar-refractivity contribution in [3.05, 3.63) is 52.2 Å². The SMILES string of the molecule is CNc1cc(C(=O)Nc2ccncc2F)c([N+](=O)[O-])cn1. The van der Waals surface area contributed by atoms with Gasteiger partial charge in [0.05, 0.1) is 16.8 Å². The first-order chi connectivity index (χ1) is 10.0. The Kier molecular flexibility index (Phi) is 4.02. The number of aromatic nitrogens is 2. The maximum atomic E-state index is 13.4. The minimum absolute atomic E-state index is 0.118. The van der Waals surface area contributed by atoms with E-state index in [-0.39, 0.29) is 17.1 Å². The summed E-state index contributed by atoms with van der Waals surface area (Å²) in [5.74, 6) is -1.27. The molecule has 21 heavy (non-hydrogen) atoms. The number of halogens is 1. The fourth-order valence-corrected chi connectivity index (χ4v) is 1.58. The lowest BCUT2D eigenvalue weighted by Gasteiger charge is -2.07. The van der Waals surface area contributed by atoms with Crippen LogP contribution in [0.25, 0.3) is 0 Å². The number of hydrogen-bond donors (Lipinski definition) is 2. The fourth-order valence-electron chi connectivity index (χ4n) is 1.58. The molecular weight excluding hydrogens is 281 g/mol. The van der Waals surface area contributed by atoms with Crippen LogP contribution in [0.5, 0.6) is 0 Å². The van der Waals surface area contributed by atoms with E-state index >= 15 is 0 Å². The lowest BCUT2D eigenvalue weighted by molar-refractivity contribution is -0.385. The van der Waals surface area contributed by atoms with Gasteiger partial charge in [-0.05, 0) is 6.07 Å². The van der Waals surface area contributed by atoms with Crippen molar-refractivity contribution >= 4 is 23.1 Å². The average molecular weight is 291 g/mol. The van der Waals surface area contributed by atoms with Gasteiger partial charge in [0.15, 0.2) is 5.82 Å². The first kappa shape index (κ1) is 14.3. The van der Waals surface area contributed by atoms with Crippen LogP contribution in [-0.4, -0.2) is 27.8 Å².